The maximum atomic E-state index is 9.24. The van der Waals surface area contributed by atoms with Crippen LogP contribution in [0.25, 0.3) is 0 Å². The van der Waals surface area contributed by atoms with E-state index in [1.807, 2.05) is 0 Å². The molecule has 1 rings (SSSR count). The van der Waals surface area contributed by atoms with Crippen LogP contribution in [0.15, 0.2) is 24.2 Å². The Hall–Kier alpha value is -1.02. The Labute approximate surface area is 64.5 Å². The highest BCUT2D eigenvalue weighted by Gasteiger charge is 1.90. The molecule has 3 N–H and O–H groups in total. The highest BCUT2D eigenvalue weighted by molar-refractivity contribution is 5.27. The Morgan fingerprint density at radius 1 is 1.60 bits per heavy atom. The van der Waals surface area contributed by atoms with Gasteiger partial charge in [-0.1, -0.05) is 12.1 Å². The Morgan fingerprint density at radius 2 is 2.40 bits per heavy atom. The van der Waals surface area contributed by atoms with E-state index in [0.717, 1.165) is 0 Å². The van der Waals surface area contributed by atoms with Gasteiger partial charge in [0.2, 0.25) is 0 Å². The second-order valence-corrected chi connectivity index (χ2v) is 1.92. The highest BCUT2D eigenvalue weighted by atomic mass is 16.3. The summed E-state index contributed by atoms with van der Waals surface area (Å²) in [5.74, 6) is -0.376. The molecule has 2 nitrogen and oxygen atoms in total. The van der Waals surface area contributed by atoms with Crippen LogP contribution < -0.4 is 5.73 Å². The molecule has 1 aromatic carbocycles. The van der Waals surface area contributed by atoms with Crippen molar-refractivity contribution in [3.05, 3.63) is 29.8 Å². The summed E-state index contributed by atoms with van der Waals surface area (Å²) in [5, 5.41) is 9.24. The second kappa shape index (κ2) is 3.22. The molecule has 0 fully saturated rings. The van der Waals surface area contributed by atoms with E-state index in [4.69, 9.17) is 9.85 Å². The van der Waals surface area contributed by atoms with Gasteiger partial charge in [-0.25, -0.2) is 0 Å². The van der Waals surface area contributed by atoms with Gasteiger partial charge in [-0.15, -0.1) is 0 Å². The lowest BCUT2D eigenvalue weighted by Gasteiger charge is -1.97. The molecule has 10 heavy (non-hydrogen) atoms. The third kappa shape index (κ3) is 1.74. The minimum Gasteiger partial charge on any atom is -0.508 e. The number of phenols is 1. The third-order valence-electron chi connectivity index (χ3n) is 1.12. The van der Waals surface area contributed by atoms with Gasteiger partial charge < -0.3 is 10.8 Å². The number of phenolic OH excluding ortho intramolecular Hbond substituents is 1. The van der Waals surface area contributed by atoms with Crippen molar-refractivity contribution in [2.45, 2.75) is 6.42 Å². The van der Waals surface area contributed by atoms with Crippen molar-refractivity contribution in [3.63, 3.8) is 0 Å². The summed E-state index contributed by atoms with van der Waals surface area (Å²) in [6.45, 7) is 0.328. The van der Waals surface area contributed by atoms with Gasteiger partial charge in [-0.05, 0) is 30.6 Å². The van der Waals surface area contributed by atoms with E-state index in [0.29, 0.717) is 18.5 Å². The molecule has 0 radical (unpaired) electrons. The summed E-state index contributed by atoms with van der Waals surface area (Å²) in [5.41, 5.74) is 5.69. The molecule has 1 aromatic rings. The zero-order valence-corrected chi connectivity index (χ0v) is 5.52. The Bertz CT molecular complexity index is 328. The summed E-state index contributed by atoms with van der Waals surface area (Å²) in [6.07, 6.45) is 0.380. The van der Waals surface area contributed by atoms with E-state index in [1.165, 1.54) is 6.07 Å². The molecule has 0 bridgehead atoms. The van der Waals surface area contributed by atoms with Gasteiger partial charge in [0.05, 0.1) is 4.11 Å². The summed E-state index contributed by atoms with van der Waals surface area (Å²) >= 11 is 0. The molecule has 0 heterocycles. The molecule has 0 aliphatic rings. The maximum absolute atomic E-state index is 9.24. The molecule has 0 saturated heterocycles. The standard InChI is InChI=1S/C8H11NO/c9-5-4-7-2-1-3-8(10)6-7/h1-3,6,10H,4-5,9H2/i2D,3D,6D. The first-order valence-electron chi connectivity index (χ1n) is 4.56. The quantitative estimate of drug-likeness (QED) is 0.641. The number of nitrogens with two attached hydrogens (primary N) is 1. The van der Waals surface area contributed by atoms with Crippen LogP contribution in [-0.2, 0) is 6.42 Å². The summed E-state index contributed by atoms with van der Waals surface area (Å²) < 4.78 is 22.1. The van der Waals surface area contributed by atoms with Gasteiger partial charge >= 0.3 is 0 Å². The summed E-state index contributed by atoms with van der Waals surface area (Å²) in [7, 11) is 0. The normalized spacial score (nSPS) is 13.9. The van der Waals surface area contributed by atoms with Crippen LogP contribution in [0, 0.1) is 0 Å². The molecule has 0 amide bonds. The van der Waals surface area contributed by atoms with Crippen LogP contribution in [0.1, 0.15) is 9.68 Å². The molecule has 0 aromatic heterocycles. The van der Waals surface area contributed by atoms with Gasteiger partial charge in [0.1, 0.15) is 5.75 Å². The van der Waals surface area contributed by atoms with Crippen LogP contribution >= 0.6 is 0 Å². The van der Waals surface area contributed by atoms with Crippen molar-refractivity contribution in [1.82, 2.24) is 0 Å². The number of hydrogen-bond acceptors (Lipinski definition) is 2. The van der Waals surface area contributed by atoms with E-state index in [1.54, 1.807) is 0 Å². The minimum absolute atomic E-state index is 0.0956. The smallest absolute Gasteiger partial charge is 0.115 e. The second-order valence-electron chi connectivity index (χ2n) is 1.92. The van der Waals surface area contributed by atoms with Crippen LogP contribution in [0.2, 0.25) is 0 Å². The monoisotopic (exact) mass is 140 g/mol. The molecular formula is C8H11NO. The summed E-state index contributed by atoms with van der Waals surface area (Å²) in [4.78, 5) is 0. The first-order valence-corrected chi connectivity index (χ1v) is 3.06. The number of benzene rings is 1. The van der Waals surface area contributed by atoms with E-state index >= 15 is 0 Å². The molecular weight excluding hydrogens is 126 g/mol. The fraction of sp³-hybridized carbons (Fsp3) is 0.250. The Morgan fingerprint density at radius 3 is 3.10 bits per heavy atom. The van der Waals surface area contributed by atoms with Crippen LogP contribution in [0.5, 0.6) is 5.75 Å². The first kappa shape index (κ1) is 3.98. The van der Waals surface area contributed by atoms with E-state index in [9.17, 15) is 5.11 Å². The first-order chi connectivity index (χ1) is 6.07. The molecule has 0 unspecified atom stereocenters. The average molecular weight is 140 g/mol. The van der Waals surface area contributed by atoms with Crippen molar-refractivity contribution in [3.8, 4) is 5.75 Å². The fourth-order valence-electron chi connectivity index (χ4n) is 0.686. The molecule has 2 heteroatoms. The third-order valence-corrected chi connectivity index (χ3v) is 1.12. The lowest BCUT2D eigenvalue weighted by Crippen LogP contribution is -2.01. The maximum Gasteiger partial charge on any atom is 0.115 e. The lowest BCUT2D eigenvalue weighted by atomic mass is 10.1. The Balaban J connectivity index is 3.26. The SMILES string of the molecule is [2H]c1cc([2H])c(CCN)c([2H])c1O. The topological polar surface area (TPSA) is 46.2 Å². The van der Waals surface area contributed by atoms with Gasteiger partial charge in [0, 0.05) is 0 Å². The van der Waals surface area contributed by atoms with E-state index < -0.39 is 0 Å². The zero-order chi connectivity index (χ0) is 10.0. The molecule has 0 spiro atoms. The van der Waals surface area contributed by atoms with Gasteiger partial charge in [-0.2, -0.15) is 0 Å². The van der Waals surface area contributed by atoms with Gasteiger partial charge in [0.25, 0.3) is 0 Å². The predicted octanol–water partition coefficient (Wildman–Crippen LogP) is 0.893. The minimum atomic E-state index is -0.376. The van der Waals surface area contributed by atoms with E-state index in [-0.39, 0.29) is 23.9 Å². The van der Waals surface area contributed by atoms with Crippen molar-refractivity contribution >= 4 is 0 Å². The fourth-order valence-corrected chi connectivity index (χ4v) is 0.686. The highest BCUT2D eigenvalue weighted by Crippen LogP contribution is 2.10. The van der Waals surface area contributed by atoms with Gasteiger partial charge in [0.15, 0.2) is 0 Å². The van der Waals surface area contributed by atoms with E-state index in [2.05, 4.69) is 0 Å². The van der Waals surface area contributed by atoms with Crippen LogP contribution in [0.3, 0.4) is 0 Å². The zero-order valence-electron chi connectivity index (χ0n) is 8.52. The largest absolute Gasteiger partial charge is 0.508 e. The molecule has 0 saturated carbocycles. The number of rotatable bonds is 2. The number of hydrogen-bond donors (Lipinski definition) is 2. The molecule has 0 aliphatic carbocycles. The van der Waals surface area contributed by atoms with Crippen molar-refractivity contribution in [2.75, 3.05) is 6.54 Å². The van der Waals surface area contributed by atoms with Crippen molar-refractivity contribution in [1.29, 1.82) is 0 Å². The molecule has 0 aliphatic heterocycles. The molecule has 0 atom stereocenters. The average Bonchev–Trinajstić information content (AvgIpc) is 2.09. The van der Waals surface area contributed by atoms with Crippen molar-refractivity contribution < 1.29 is 9.22 Å². The van der Waals surface area contributed by atoms with Crippen LogP contribution in [0.4, 0.5) is 0 Å². The van der Waals surface area contributed by atoms with Gasteiger partial charge in [-0.3, -0.25) is 0 Å². The number of aromatic hydroxyl groups is 1. The van der Waals surface area contributed by atoms with Crippen LogP contribution in [-0.4, -0.2) is 11.7 Å². The Kier molecular flexibility index (Phi) is 1.28. The predicted molar refractivity (Wildman–Crippen MR) is 40.9 cm³/mol. The molecule has 54 valence electrons. The summed E-state index contributed by atoms with van der Waals surface area (Å²) in [6, 6.07) is 0.982. The van der Waals surface area contributed by atoms with Crippen molar-refractivity contribution in [2.24, 2.45) is 5.73 Å². The lowest BCUT2D eigenvalue weighted by molar-refractivity contribution is 0.474.